The lowest BCUT2D eigenvalue weighted by molar-refractivity contribution is -0.870. The third kappa shape index (κ3) is 3.44. The minimum absolute atomic E-state index is 0.332. The molecule has 2 saturated carbocycles. The molecule has 0 radical (unpaired) electrons. The van der Waals surface area contributed by atoms with Crippen LogP contribution in [0.15, 0.2) is 0 Å². The summed E-state index contributed by atoms with van der Waals surface area (Å²) >= 11 is 0. The third-order valence-corrected chi connectivity index (χ3v) is 4.38. The van der Waals surface area contributed by atoms with Gasteiger partial charge < -0.3 is 9.80 Å². The molecule has 17 heavy (non-hydrogen) atoms. The number of hydrogen-bond acceptors (Lipinski definition) is 1. The highest BCUT2D eigenvalue weighted by Crippen LogP contribution is 2.48. The maximum atomic E-state index is 12.0. The zero-order valence-corrected chi connectivity index (χ0v) is 11.5. The van der Waals surface area contributed by atoms with Crippen LogP contribution in [0.4, 0.5) is 0 Å². The average Bonchev–Trinajstić information content (AvgIpc) is 2.84. The van der Waals surface area contributed by atoms with Gasteiger partial charge in [-0.25, -0.2) is 0 Å². The van der Waals surface area contributed by atoms with E-state index in [2.05, 4.69) is 26.5 Å². The van der Waals surface area contributed by atoms with E-state index in [9.17, 15) is 4.79 Å². The molecular weight excluding hydrogens is 212 g/mol. The van der Waals surface area contributed by atoms with Gasteiger partial charge in [-0.15, -0.1) is 0 Å². The smallest absolute Gasteiger partial charge is 0.223 e. The Kier molecular flexibility index (Phi) is 3.76. The zero-order valence-electron chi connectivity index (χ0n) is 11.5. The molecule has 3 heteroatoms. The monoisotopic (exact) mass is 239 g/mol. The fraction of sp³-hybridized carbons (Fsp3) is 0.929. The molecule has 3 atom stereocenters. The molecule has 3 nitrogen and oxygen atoms in total. The van der Waals surface area contributed by atoms with Crippen LogP contribution in [0.1, 0.15) is 32.1 Å². The number of hydrogen-bond donors (Lipinski definition) is 1. The summed E-state index contributed by atoms with van der Waals surface area (Å²) in [6, 6.07) is 0. The topological polar surface area (TPSA) is 29.1 Å². The van der Waals surface area contributed by atoms with Crippen molar-refractivity contribution in [2.75, 3.05) is 34.2 Å². The summed E-state index contributed by atoms with van der Waals surface area (Å²) < 4.78 is 0.976. The number of rotatable bonds is 5. The SMILES string of the molecule is C[N+](C)(C)CCCNC(=O)[C@@H]1C[C@@H]2CC[C@H]1C2. The summed E-state index contributed by atoms with van der Waals surface area (Å²) in [7, 11) is 6.58. The largest absolute Gasteiger partial charge is 0.356 e. The van der Waals surface area contributed by atoms with E-state index in [4.69, 9.17) is 0 Å². The van der Waals surface area contributed by atoms with Crippen LogP contribution < -0.4 is 5.32 Å². The van der Waals surface area contributed by atoms with E-state index < -0.39 is 0 Å². The first-order chi connectivity index (χ1) is 7.96. The molecular formula is C14H27N2O+. The number of nitrogens with one attached hydrogen (secondary N) is 1. The van der Waals surface area contributed by atoms with Crippen LogP contribution in [0.3, 0.4) is 0 Å². The first kappa shape index (κ1) is 12.9. The van der Waals surface area contributed by atoms with Crippen molar-refractivity contribution in [3.05, 3.63) is 0 Å². The summed E-state index contributed by atoms with van der Waals surface area (Å²) in [6.07, 6.45) is 6.22. The van der Waals surface area contributed by atoms with Crippen LogP contribution in [-0.4, -0.2) is 44.6 Å². The minimum atomic E-state index is 0.332. The summed E-state index contributed by atoms with van der Waals surface area (Å²) in [5.41, 5.74) is 0. The lowest BCUT2D eigenvalue weighted by Gasteiger charge is -2.24. The Morgan fingerprint density at radius 2 is 2.00 bits per heavy atom. The fourth-order valence-electron chi connectivity index (χ4n) is 3.46. The molecule has 0 heterocycles. The summed E-state index contributed by atoms with van der Waals surface area (Å²) in [6.45, 7) is 1.97. The Hall–Kier alpha value is -0.570. The average molecular weight is 239 g/mol. The van der Waals surface area contributed by atoms with Gasteiger partial charge >= 0.3 is 0 Å². The quantitative estimate of drug-likeness (QED) is 0.573. The predicted molar refractivity (Wildman–Crippen MR) is 69.5 cm³/mol. The van der Waals surface area contributed by atoms with Gasteiger partial charge in [0.2, 0.25) is 5.91 Å². The highest BCUT2D eigenvalue weighted by molar-refractivity contribution is 5.79. The van der Waals surface area contributed by atoms with E-state index >= 15 is 0 Å². The zero-order chi connectivity index (χ0) is 12.5. The number of carbonyl (C=O) groups is 1. The van der Waals surface area contributed by atoms with Crippen LogP contribution in [0, 0.1) is 17.8 Å². The molecule has 0 unspecified atom stereocenters. The van der Waals surface area contributed by atoms with Crippen LogP contribution in [0.2, 0.25) is 0 Å². The van der Waals surface area contributed by atoms with Crippen molar-refractivity contribution in [3.63, 3.8) is 0 Å². The fourth-order valence-corrected chi connectivity index (χ4v) is 3.46. The molecule has 0 aromatic rings. The molecule has 2 bridgehead atoms. The maximum absolute atomic E-state index is 12.0. The van der Waals surface area contributed by atoms with Gasteiger partial charge in [-0.1, -0.05) is 6.42 Å². The molecule has 1 amide bonds. The lowest BCUT2D eigenvalue weighted by Crippen LogP contribution is -2.39. The second kappa shape index (κ2) is 4.97. The lowest BCUT2D eigenvalue weighted by atomic mass is 9.88. The third-order valence-electron chi connectivity index (χ3n) is 4.38. The Morgan fingerprint density at radius 3 is 2.53 bits per heavy atom. The van der Waals surface area contributed by atoms with E-state index in [1.54, 1.807) is 0 Å². The highest BCUT2D eigenvalue weighted by Gasteiger charge is 2.42. The Bertz CT molecular complexity index is 282. The van der Waals surface area contributed by atoms with Crippen molar-refractivity contribution in [3.8, 4) is 0 Å². The minimum Gasteiger partial charge on any atom is -0.356 e. The Labute approximate surface area is 105 Å². The van der Waals surface area contributed by atoms with Gasteiger partial charge in [0, 0.05) is 18.9 Å². The van der Waals surface area contributed by atoms with Crippen LogP contribution in [-0.2, 0) is 4.79 Å². The summed E-state index contributed by atoms with van der Waals surface area (Å²) in [5, 5.41) is 3.13. The number of fused-ring (bicyclic) bond motifs is 2. The molecule has 0 spiro atoms. The molecule has 0 saturated heterocycles. The van der Waals surface area contributed by atoms with Gasteiger partial charge in [0.25, 0.3) is 0 Å². The van der Waals surface area contributed by atoms with Crippen molar-refractivity contribution >= 4 is 5.91 Å². The molecule has 2 fully saturated rings. The van der Waals surface area contributed by atoms with Gasteiger partial charge in [-0.3, -0.25) is 4.79 Å². The van der Waals surface area contributed by atoms with E-state index in [1.165, 1.54) is 19.3 Å². The maximum Gasteiger partial charge on any atom is 0.223 e. The van der Waals surface area contributed by atoms with Gasteiger partial charge in [-0.2, -0.15) is 0 Å². The molecule has 2 rings (SSSR count). The molecule has 0 aromatic carbocycles. The van der Waals surface area contributed by atoms with Gasteiger partial charge in [-0.05, 0) is 31.1 Å². The number of nitrogens with zero attached hydrogens (tertiary/aromatic N) is 1. The van der Waals surface area contributed by atoms with Gasteiger partial charge in [0.15, 0.2) is 0 Å². The van der Waals surface area contributed by atoms with E-state index in [0.717, 1.165) is 36.3 Å². The van der Waals surface area contributed by atoms with Gasteiger partial charge in [0.1, 0.15) is 0 Å². The van der Waals surface area contributed by atoms with Gasteiger partial charge in [0.05, 0.1) is 27.7 Å². The standard InChI is InChI=1S/C14H26N2O/c1-16(2,3)8-4-7-15-14(17)13-10-11-5-6-12(13)9-11/h11-13H,4-10H2,1-3H3/p+1/t11-,12+,13-/m1/s1. The van der Waals surface area contributed by atoms with Crippen LogP contribution in [0.5, 0.6) is 0 Å². The molecule has 0 aromatic heterocycles. The summed E-state index contributed by atoms with van der Waals surface area (Å²) in [5.74, 6) is 2.25. The number of amides is 1. The molecule has 2 aliphatic rings. The first-order valence-electron chi connectivity index (χ1n) is 7.04. The predicted octanol–water partition coefficient (Wildman–Crippen LogP) is 1.64. The number of carbonyl (C=O) groups excluding carboxylic acids is 1. The normalized spacial score (nSPS) is 31.8. The highest BCUT2D eigenvalue weighted by atomic mass is 16.1. The van der Waals surface area contributed by atoms with E-state index in [0.29, 0.717) is 17.7 Å². The van der Waals surface area contributed by atoms with Crippen molar-refractivity contribution in [2.45, 2.75) is 32.1 Å². The van der Waals surface area contributed by atoms with E-state index in [1.807, 2.05) is 0 Å². The van der Waals surface area contributed by atoms with Crippen molar-refractivity contribution in [1.29, 1.82) is 0 Å². The summed E-state index contributed by atoms with van der Waals surface area (Å²) in [4.78, 5) is 12.0. The van der Waals surface area contributed by atoms with E-state index in [-0.39, 0.29) is 0 Å². The first-order valence-corrected chi connectivity index (χ1v) is 7.04. The molecule has 2 aliphatic carbocycles. The molecule has 1 N–H and O–H groups in total. The van der Waals surface area contributed by atoms with Crippen molar-refractivity contribution in [2.24, 2.45) is 17.8 Å². The Morgan fingerprint density at radius 1 is 1.24 bits per heavy atom. The Balaban J connectivity index is 1.65. The second-order valence-electron chi connectivity index (χ2n) is 6.94. The second-order valence-corrected chi connectivity index (χ2v) is 6.94. The van der Waals surface area contributed by atoms with Crippen molar-refractivity contribution < 1.29 is 9.28 Å². The molecule has 98 valence electrons. The molecule has 0 aliphatic heterocycles. The van der Waals surface area contributed by atoms with Crippen molar-refractivity contribution in [1.82, 2.24) is 5.32 Å². The van der Waals surface area contributed by atoms with Crippen LogP contribution >= 0.6 is 0 Å². The number of quaternary nitrogens is 1. The van der Waals surface area contributed by atoms with Crippen LogP contribution in [0.25, 0.3) is 0 Å².